The van der Waals surface area contributed by atoms with Gasteiger partial charge in [0.25, 0.3) is 0 Å². The molecule has 7 nitrogen and oxygen atoms in total. The van der Waals surface area contributed by atoms with Gasteiger partial charge in [-0.1, -0.05) is 60.7 Å². The Morgan fingerprint density at radius 3 is 2.47 bits per heavy atom. The second-order valence-corrected chi connectivity index (χ2v) is 8.59. The van der Waals surface area contributed by atoms with Crippen LogP contribution in [0.1, 0.15) is 24.3 Å². The summed E-state index contributed by atoms with van der Waals surface area (Å²) in [5.41, 5.74) is 1.94. The summed E-state index contributed by atoms with van der Waals surface area (Å²) in [6, 6.07) is 19.1. The molecule has 0 bridgehead atoms. The minimum absolute atomic E-state index is 0.185. The topological polar surface area (TPSA) is 75.3 Å². The van der Waals surface area contributed by atoms with Crippen LogP contribution in [0.4, 0.5) is 0 Å². The normalized spacial score (nSPS) is 29.8. The van der Waals surface area contributed by atoms with Crippen molar-refractivity contribution >= 4 is 17.7 Å². The lowest BCUT2D eigenvalue weighted by Crippen LogP contribution is -2.67. The fourth-order valence-corrected chi connectivity index (χ4v) is 4.27. The molecule has 2 aliphatic heterocycles. The van der Waals surface area contributed by atoms with Crippen LogP contribution in [0.3, 0.4) is 0 Å². The Bertz CT molecular complexity index is 854. The largest absolute Gasteiger partial charge is 0.362 e. The maximum Gasteiger partial charge on any atom is 0.217 e. The molecule has 32 heavy (non-hydrogen) atoms. The van der Waals surface area contributed by atoms with Gasteiger partial charge in [0.1, 0.15) is 24.4 Å². The second-order valence-electron chi connectivity index (χ2n) is 7.78. The van der Waals surface area contributed by atoms with Gasteiger partial charge in [-0.3, -0.25) is 4.79 Å². The molecule has 2 saturated heterocycles. The highest BCUT2D eigenvalue weighted by molar-refractivity contribution is 7.98. The van der Waals surface area contributed by atoms with Crippen LogP contribution in [-0.4, -0.2) is 55.4 Å². The van der Waals surface area contributed by atoms with Crippen molar-refractivity contribution in [3.05, 3.63) is 71.8 Å². The fraction of sp³-hybridized carbons (Fsp3) is 0.458. The molecule has 172 valence electrons. The first-order chi connectivity index (χ1) is 15.7. The number of thioether (sulfide) groups is 1. The molecular formula is C24H29NO6S. The van der Waals surface area contributed by atoms with E-state index in [0.717, 1.165) is 11.1 Å². The monoisotopic (exact) mass is 459 g/mol. The number of hydrogen-bond donors (Lipinski definition) is 1. The number of carbonyl (C=O) groups excluding carboxylic acids is 1. The summed E-state index contributed by atoms with van der Waals surface area (Å²) in [6.45, 7) is 2.16. The summed E-state index contributed by atoms with van der Waals surface area (Å²) < 4.78 is 30.8. The van der Waals surface area contributed by atoms with Crippen molar-refractivity contribution in [2.75, 3.05) is 18.8 Å². The van der Waals surface area contributed by atoms with Crippen molar-refractivity contribution in [1.29, 1.82) is 0 Å². The van der Waals surface area contributed by atoms with E-state index in [1.54, 1.807) is 11.8 Å². The molecule has 1 amide bonds. The summed E-state index contributed by atoms with van der Waals surface area (Å²) in [6.07, 6.45) is -0.525. The molecule has 2 fully saturated rings. The van der Waals surface area contributed by atoms with Crippen molar-refractivity contribution in [3.63, 3.8) is 0 Å². The molecule has 0 aliphatic carbocycles. The summed E-state index contributed by atoms with van der Waals surface area (Å²) >= 11 is 1.56. The highest BCUT2D eigenvalue weighted by Gasteiger charge is 2.51. The van der Waals surface area contributed by atoms with Gasteiger partial charge >= 0.3 is 0 Å². The number of nitrogens with one attached hydrogen (secondary N) is 1. The molecule has 0 spiro atoms. The summed E-state index contributed by atoms with van der Waals surface area (Å²) in [5, 5.41) is 2.97. The lowest BCUT2D eigenvalue weighted by molar-refractivity contribution is -0.348. The molecule has 0 radical (unpaired) electrons. The summed E-state index contributed by atoms with van der Waals surface area (Å²) in [7, 11) is 0. The third kappa shape index (κ3) is 5.70. The van der Waals surface area contributed by atoms with Gasteiger partial charge in [0.15, 0.2) is 12.6 Å². The number of rotatable bonds is 8. The number of benzene rings is 2. The van der Waals surface area contributed by atoms with E-state index in [1.165, 1.54) is 6.92 Å². The van der Waals surface area contributed by atoms with Crippen molar-refractivity contribution < 1.29 is 28.5 Å². The molecule has 2 heterocycles. The molecule has 8 heteroatoms. The van der Waals surface area contributed by atoms with E-state index < -0.39 is 30.8 Å². The Balaban J connectivity index is 1.54. The molecular weight excluding hydrogens is 430 g/mol. The Labute approximate surface area is 192 Å². The fourth-order valence-electron chi connectivity index (χ4n) is 3.98. The van der Waals surface area contributed by atoms with Gasteiger partial charge in [0, 0.05) is 12.5 Å². The molecule has 0 unspecified atom stereocenters. The van der Waals surface area contributed by atoms with E-state index in [9.17, 15) is 4.79 Å². The lowest BCUT2D eigenvalue weighted by atomic mass is 9.95. The van der Waals surface area contributed by atoms with Crippen molar-refractivity contribution in [2.45, 2.75) is 50.5 Å². The molecule has 6 atom stereocenters. The smallest absolute Gasteiger partial charge is 0.217 e. The first-order valence-corrected chi connectivity index (χ1v) is 12.1. The van der Waals surface area contributed by atoms with Crippen molar-refractivity contribution in [2.24, 2.45) is 0 Å². The summed E-state index contributed by atoms with van der Waals surface area (Å²) in [4.78, 5) is 12.0. The molecule has 0 aromatic heterocycles. The Morgan fingerprint density at radius 2 is 1.78 bits per heavy atom. The molecule has 2 aliphatic rings. The van der Waals surface area contributed by atoms with E-state index in [1.807, 2.05) is 66.9 Å². The van der Waals surface area contributed by atoms with Crippen LogP contribution in [0.5, 0.6) is 0 Å². The summed E-state index contributed by atoms with van der Waals surface area (Å²) in [5.74, 6) is 0.269. The van der Waals surface area contributed by atoms with E-state index in [0.29, 0.717) is 19.2 Å². The molecule has 4 rings (SSSR count). The van der Waals surface area contributed by atoms with E-state index in [4.69, 9.17) is 23.7 Å². The zero-order chi connectivity index (χ0) is 22.3. The van der Waals surface area contributed by atoms with Crippen LogP contribution < -0.4 is 5.32 Å². The number of fused-ring (bicyclic) bond motifs is 1. The standard InChI is InChI=1S/C24H29NO6S/c1-16(26)25-20-22(29-15-32-2)21-19(14-28-23(31-21)18-11-7-4-8-12-18)30-24(20)27-13-17-9-5-3-6-10-17/h3-12,19-24H,13-15H2,1-2H3,(H,25,26)/t19-,20-,21-,22-,23+,24+/m1/s1. The highest BCUT2D eigenvalue weighted by Crippen LogP contribution is 2.36. The first-order valence-electron chi connectivity index (χ1n) is 10.7. The van der Waals surface area contributed by atoms with E-state index >= 15 is 0 Å². The lowest BCUT2D eigenvalue weighted by Gasteiger charge is -2.49. The van der Waals surface area contributed by atoms with Gasteiger partial charge in [-0.25, -0.2) is 0 Å². The third-order valence-electron chi connectivity index (χ3n) is 5.42. The van der Waals surface area contributed by atoms with Gasteiger partial charge < -0.3 is 29.0 Å². The Morgan fingerprint density at radius 1 is 1.06 bits per heavy atom. The predicted molar refractivity (Wildman–Crippen MR) is 121 cm³/mol. The zero-order valence-electron chi connectivity index (χ0n) is 18.2. The average molecular weight is 460 g/mol. The van der Waals surface area contributed by atoms with Crippen LogP contribution in [0.15, 0.2) is 60.7 Å². The maximum absolute atomic E-state index is 12.0. The number of carbonyl (C=O) groups is 1. The van der Waals surface area contributed by atoms with E-state index in [2.05, 4.69) is 5.32 Å². The predicted octanol–water partition coefficient (Wildman–Crippen LogP) is 3.25. The maximum atomic E-state index is 12.0. The third-order valence-corrected chi connectivity index (χ3v) is 5.79. The van der Waals surface area contributed by atoms with Crippen molar-refractivity contribution in [1.82, 2.24) is 5.32 Å². The number of amides is 1. The molecule has 1 N–H and O–H groups in total. The SMILES string of the molecule is CSCO[C@@H]1[C@@H](NC(C)=O)[C@@H](OCc2ccccc2)O[C@@H]2CO[C@H](c3ccccc3)O[C@@H]12. The minimum Gasteiger partial charge on any atom is -0.362 e. The highest BCUT2D eigenvalue weighted by atomic mass is 32.2. The molecule has 2 aromatic carbocycles. The number of ether oxygens (including phenoxy) is 5. The van der Waals surface area contributed by atoms with E-state index in [-0.39, 0.29) is 12.0 Å². The van der Waals surface area contributed by atoms with Crippen molar-refractivity contribution in [3.8, 4) is 0 Å². The Hall–Kier alpha value is -1.94. The van der Waals surface area contributed by atoms with Crippen LogP contribution in [0, 0.1) is 0 Å². The quantitative estimate of drug-likeness (QED) is 0.608. The van der Waals surface area contributed by atoms with Crippen LogP contribution in [0.25, 0.3) is 0 Å². The molecule has 2 aromatic rings. The average Bonchev–Trinajstić information content (AvgIpc) is 2.82. The minimum atomic E-state index is -0.701. The molecule has 0 saturated carbocycles. The van der Waals surface area contributed by atoms with Gasteiger partial charge in [0.05, 0.1) is 19.2 Å². The van der Waals surface area contributed by atoms with Gasteiger partial charge in [-0.15, -0.1) is 11.8 Å². The van der Waals surface area contributed by atoms with Gasteiger partial charge in [-0.2, -0.15) is 0 Å². The zero-order valence-corrected chi connectivity index (χ0v) is 19.0. The van der Waals surface area contributed by atoms with Gasteiger partial charge in [-0.05, 0) is 11.8 Å². The second kappa shape index (κ2) is 11.3. The van der Waals surface area contributed by atoms with Crippen LogP contribution >= 0.6 is 11.8 Å². The van der Waals surface area contributed by atoms with Crippen LogP contribution in [0.2, 0.25) is 0 Å². The number of hydrogen-bond acceptors (Lipinski definition) is 7. The van der Waals surface area contributed by atoms with Gasteiger partial charge in [0.2, 0.25) is 5.91 Å². The first kappa shape index (κ1) is 23.2. The van der Waals surface area contributed by atoms with Crippen LogP contribution in [-0.2, 0) is 35.1 Å². The Kier molecular flexibility index (Phi) is 8.18.